The summed E-state index contributed by atoms with van der Waals surface area (Å²) in [5, 5.41) is 0. The lowest BCUT2D eigenvalue weighted by atomic mass is 10.1. The number of amides is 1. The fourth-order valence-corrected chi connectivity index (χ4v) is 3.91. The highest BCUT2D eigenvalue weighted by atomic mass is 32.2. The normalized spacial score (nSPS) is 16.7. The molecule has 0 radical (unpaired) electrons. The Morgan fingerprint density at radius 2 is 1.81 bits per heavy atom. The number of carbonyl (C=O) groups excluding carboxylic acids is 1. The van der Waals surface area contributed by atoms with Crippen LogP contribution in [0.1, 0.15) is 25.8 Å². The Hall–Kier alpha value is -2.31. The average Bonchev–Trinajstić information content (AvgIpc) is 2.96. The van der Waals surface area contributed by atoms with Gasteiger partial charge in [-0.2, -0.15) is 0 Å². The minimum absolute atomic E-state index is 0.0997. The molecule has 0 spiro atoms. The van der Waals surface area contributed by atoms with Crippen molar-refractivity contribution in [2.45, 2.75) is 26.4 Å². The molecule has 3 rings (SSSR count). The van der Waals surface area contributed by atoms with E-state index in [2.05, 4.69) is 6.92 Å². The number of thioether (sulfide) groups is 1. The zero-order chi connectivity index (χ0) is 19.4. The molecule has 1 aliphatic rings. The Bertz CT molecular complexity index is 895. The van der Waals surface area contributed by atoms with E-state index in [9.17, 15) is 4.79 Å². The second-order valence-electron chi connectivity index (χ2n) is 6.06. The zero-order valence-corrected chi connectivity index (χ0v) is 17.1. The number of para-hydroxylation sites is 3. The highest BCUT2D eigenvalue weighted by Crippen LogP contribution is 2.40. The van der Waals surface area contributed by atoms with Gasteiger partial charge >= 0.3 is 0 Å². The summed E-state index contributed by atoms with van der Waals surface area (Å²) in [6.45, 7) is 4.10. The summed E-state index contributed by atoms with van der Waals surface area (Å²) in [6, 6.07) is 15.1. The number of hydrogen-bond donors (Lipinski definition) is 0. The molecular weight excluding hydrogens is 378 g/mol. The third kappa shape index (κ3) is 4.17. The first-order valence-electron chi connectivity index (χ1n) is 8.71. The SMILES string of the molecule is CC[C@H](C)Oc1ccccc1/C=C1/SC(=S)N(c2ccccc2OC)C1=O. The standard InChI is InChI=1S/C21H21NO3S2/c1-4-14(2)25-17-11-7-5-9-15(17)13-19-20(23)22(21(26)27-19)16-10-6-8-12-18(16)24-3/h5-14H,4H2,1-3H3/b19-13+/t14-/m0/s1. The monoisotopic (exact) mass is 399 g/mol. The highest BCUT2D eigenvalue weighted by Gasteiger charge is 2.35. The molecule has 0 N–H and O–H groups in total. The van der Waals surface area contributed by atoms with Gasteiger partial charge in [0, 0.05) is 5.56 Å². The molecule has 2 aromatic carbocycles. The van der Waals surface area contributed by atoms with E-state index in [4.69, 9.17) is 21.7 Å². The zero-order valence-electron chi connectivity index (χ0n) is 15.5. The maximum absolute atomic E-state index is 13.0. The van der Waals surface area contributed by atoms with Gasteiger partial charge < -0.3 is 9.47 Å². The fraction of sp³-hybridized carbons (Fsp3) is 0.238. The van der Waals surface area contributed by atoms with Gasteiger partial charge in [0.25, 0.3) is 5.91 Å². The van der Waals surface area contributed by atoms with Crippen molar-refractivity contribution in [3.63, 3.8) is 0 Å². The maximum atomic E-state index is 13.0. The Kier molecular flexibility index (Phi) is 6.19. The molecule has 1 aliphatic heterocycles. The minimum Gasteiger partial charge on any atom is -0.495 e. The smallest absolute Gasteiger partial charge is 0.270 e. The molecule has 4 nitrogen and oxygen atoms in total. The molecule has 0 unspecified atom stereocenters. The van der Waals surface area contributed by atoms with E-state index in [1.54, 1.807) is 7.11 Å². The fourth-order valence-electron chi connectivity index (χ4n) is 2.64. The van der Waals surface area contributed by atoms with Gasteiger partial charge in [-0.3, -0.25) is 9.69 Å². The topological polar surface area (TPSA) is 38.8 Å². The van der Waals surface area contributed by atoms with Crippen molar-refractivity contribution in [1.82, 2.24) is 0 Å². The van der Waals surface area contributed by atoms with Gasteiger partial charge in [-0.15, -0.1) is 0 Å². The maximum Gasteiger partial charge on any atom is 0.270 e. The molecule has 6 heteroatoms. The predicted molar refractivity (Wildman–Crippen MR) is 115 cm³/mol. The summed E-state index contributed by atoms with van der Waals surface area (Å²) in [6.07, 6.45) is 2.85. The number of carbonyl (C=O) groups is 1. The molecule has 27 heavy (non-hydrogen) atoms. The van der Waals surface area contributed by atoms with Crippen molar-refractivity contribution in [1.29, 1.82) is 0 Å². The van der Waals surface area contributed by atoms with Crippen LogP contribution in [-0.2, 0) is 4.79 Å². The van der Waals surface area contributed by atoms with Crippen LogP contribution in [0, 0.1) is 0 Å². The van der Waals surface area contributed by atoms with Gasteiger partial charge in [0.15, 0.2) is 4.32 Å². The molecule has 1 atom stereocenters. The lowest BCUT2D eigenvalue weighted by molar-refractivity contribution is -0.113. The molecule has 0 aromatic heterocycles. The lowest BCUT2D eigenvalue weighted by Crippen LogP contribution is -2.27. The van der Waals surface area contributed by atoms with Crippen molar-refractivity contribution < 1.29 is 14.3 Å². The van der Waals surface area contributed by atoms with Crippen LogP contribution in [0.2, 0.25) is 0 Å². The van der Waals surface area contributed by atoms with Crippen molar-refractivity contribution in [3.05, 3.63) is 59.0 Å². The van der Waals surface area contributed by atoms with Crippen LogP contribution in [0.4, 0.5) is 5.69 Å². The first kappa shape index (κ1) is 19.5. The van der Waals surface area contributed by atoms with Crippen LogP contribution in [0.3, 0.4) is 0 Å². The van der Waals surface area contributed by atoms with E-state index in [1.165, 1.54) is 16.7 Å². The van der Waals surface area contributed by atoms with Gasteiger partial charge in [0.1, 0.15) is 11.5 Å². The molecular formula is C21H21NO3S2. The molecule has 0 bridgehead atoms. The van der Waals surface area contributed by atoms with E-state index in [0.717, 1.165) is 17.7 Å². The van der Waals surface area contributed by atoms with Crippen LogP contribution in [0.25, 0.3) is 6.08 Å². The van der Waals surface area contributed by atoms with Crippen molar-refractivity contribution in [2.75, 3.05) is 12.0 Å². The first-order chi connectivity index (χ1) is 13.0. The minimum atomic E-state index is -0.159. The summed E-state index contributed by atoms with van der Waals surface area (Å²) in [7, 11) is 1.58. The molecule has 0 saturated carbocycles. The number of benzene rings is 2. The van der Waals surface area contributed by atoms with Gasteiger partial charge in [0.2, 0.25) is 0 Å². The molecule has 1 fully saturated rings. The van der Waals surface area contributed by atoms with Crippen molar-refractivity contribution in [3.8, 4) is 11.5 Å². The number of hydrogen-bond acceptors (Lipinski definition) is 5. The number of thiocarbonyl (C=S) groups is 1. The van der Waals surface area contributed by atoms with Crippen molar-refractivity contribution in [2.24, 2.45) is 0 Å². The second kappa shape index (κ2) is 8.59. The van der Waals surface area contributed by atoms with Gasteiger partial charge in [-0.1, -0.05) is 61.2 Å². The van der Waals surface area contributed by atoms with E-state index in [0.29, 0.717) is 20.7 Å². The Labute approximate surface area is 169 Å². The molecule has 140 valence electrons. The molecule has 0 aliphatic carbocycles. The Morgan fingerprint density at radius 3 is 2.52 bits per heavy atom. The molecule has 1 amide bonds. The molecule has 2 aromatic rings. The van der Waals surface area contributed by atoms with Crippen LogP contribution < -0.4 is 14.4 Å². The summed E-state index contributed by atoms with van der Waals surface area (Å²) >= 11 is 6.74. The highest BCUT2D eigenvalue weighted by molar-refractivity contribution is 8.27. The van der Waals surface area contributed by atoms with E-state index < -0.39 is 0 Å². The van der Waals surface area contributed by atoms with Crippen LogP contribution in [0.15, 0.2) is 53.4 Å². The average molecular weight is 400 g/mol. The number of anilines is 1. The largest absolute Gasteiger partial charge is 0.495 e. The summed E-state index contributed by atoms with van der Waals surface area (Å²) in [5.74, 6) is 1.21. The van der Waals surface area contributed by atoms with Gasteiger partial charge in [0.05, 0.1) is 23.8 Å². The van der Waals surface area contributed by atoms with Gasteiger partial charge in [-0.05, 0) is 37.6 Å². The van der Waals surface area contributed by atoms with E-state index in [1.807, 2.05) is 61.5 Å². The third-order valence-electron chi connectivity index (χ3n) is 4.23. The number of methoxy groups -OCH3 is 1. The number of rotatable bonds is 6. The van der Waals surface area contributed by atoms with E-state index >= 15 is 0 Å². The Balaban J connectivity index is 1.94. The summed E-state index contributed by atoms with van der Waals surface area (Å²) < 4.78 is 11.8. The predicted octanol–water partition coefficient (Wildman–Crippen LogP) is 5.28. The summed E-state index contributed by atoms with van der Waals surface area (Å²) in [5.41, 5.74) is 1.51. The molecule has 1 heterocycles. The lowest BCUT2D eigenvalue weighted by Gasteiger charge is -2.17. The van der Waals surface area contributed by atoms with Crippen LogP contribution in [0.5, 0.6) is 11.5 Å². The number of ether oxygens (including phenoxy) is 2. The number of nitrogens with zero attached hydrogens (tertiary/aromatic N) is 1. The first-order valence-corrected chi connectivity index (χ1v) is 9.94. The van der Waals surface area contributed by atoms with E-state index in [-0.39, 0.29) is 12.0 Å². The third-order valence-corrected chi connectivity index (χ3v) is 5.53. The van der Waals surface area contributed by atoms with Crippen LogP contribution >= 0.6 is 24.0 Å². The Morgan fingerprint density at radius 1 is 1.15 bits per heavy atom. The summed E-state index contributed by atoms with van der Waals surface area (Å²) in [4.78, 5) is 15.1. The second-order valence-corrected chi connectivity index (χ2v) is 7.74. The molecule has 1 saturated heterocycles. The van der Waals surface area contributed by atoms with Crippen LogP contribution in [-0.4, -0.2) is 23.4 Å². The quantitative estimate of drug-likeness (QED) is 0.488. The van der Waals surface area contributed by atoms with Gasteiger partial charge in [-0.25, -0.2) is 0 Å². The van der Waals surface area contributed by atoms with Crippen molar-refractivity contribution >= 4 is 46.0 Å².